The van der Waals surface area contributed by atoms with Crippen LogP contribution in [-0.4, -0.2) is 30.0 Å². The molecule has 3 aromatic carbocycles. The Kier molecular flexibility index (Phi) is 14.8. The van der Waals surface area contributed by atoms with Crippen molar-refractivity contribution in [3.8, 4) is 0 Å². The Bertz CT molecular complexity index is 1080. The summed E-state index contributed by atoms with van der Waals surface area (Å²) in [7, 11) is -6.36. The minimum absolute atomic E-state index is 0. The molecule has 0 heterocycles. The van der Waals surface area contributed by atoms with E-state index in [1.807, 2.05) is 60.7 Å². The Morgan fingerprint density at radius 2 is 1.00 bits per heavy atom. The van der Waals surface area contributed by atoms with Gasteiger partial charge in [0.2, 0.25) is 0 Å². The summed E-state index contributed by atoms with van der Waals surface area (Å²) in [6, 6.07) is 20.2. The first-order chi connectivity index (χ1) is 16.7. The molecule has 6 heteroatoms. The van der Waals surface area contributed by atoms with Gasteiger partial charge in [-0.15, -0.1) is 16.1 Å². The van der Waals surface area contributed by atoms with Crippen LogP contribution in [-0.2, 0) is 30.4 Å². The zero-order valence-corrected chi connectivity index (χ0v) is 32.0. The average Bonchev–Trinajstić information content (AvgIpc) is 2.95. The molecule has 0 saturated carbocycles. The van der Waals surface area contributed by atoms with Crippen LogP contribution < -0.4 is 15.8 Å². The molecule has 0 radical (unpaired) electrons. The third kappa shape index (κ3) is 12.0. The smallest absolute Gasteiger partial charge is 0.342 e. The third-order valence-electron chi connectivity index (χ3n) is 6.08. The average molecular weight is 613 g/mol. The fourth-order valence-corrected chi connectivity index (χ4v) is 15.1. The van der Waals surface area contributed by atoms with Crippen LogP contribution in [0.25, 0.3) is 0 Å². The van der Waals surface area contributed by atoms with E-state index < -0.39 is 31.4 Å². The maximum Gasteiger partial charge on any atom is 3.00 e. The standard InChI is InChI=1S/C24H30OPSi.2C4H11Si.Sc/c1-18-19(2)21(4)24(20(18)3)27(5,6)17-26(25,22-13-9-7-10-14-22)23-15-11-8-12-16-23;2*1-5(2,3)4;/h7-16H,17H2,1-6H3;2*1H2,2-4H3;/q3*-1;+3. The maximum absolute atomic E-state index is 14.6. The van der Waals surface area contributed by atoms with Crippen molar-refractivity contribution in [2.75, 3.05) is 5.79 Å². The van der Waals surface area contributed by atoms with E-state index in [0.29, 0.717) is 0 Å². The number of benzene rings is 2. The van der Waals surface area contributed by atoms with E-state index in [0.717, 1.165) is 16.4 Å². The van der Waals surface area contributed by atoms with Gasteiger partial charge in [0.15, 0.2) is 0 Å². The third-order valence-corrected chi connectivity index (χ3v) is 15.4. The second-order valence-electron chi connectivity index (χ2n) is 13.4. The summed E-state index contributed by atoms with van der Waals surface area (Å²) in [5, 5.41) is 3.46. The molecule has 0 bridgehead atoms. The molecule has 1 nitrogen and oxygen atoms in total. The van der Waals surface area contributed by atoms with Crippen LogP contribution in [0, 0.1) is 40.8 Å². The van der Waals surface area contributed by atoms with Gasteiger partial charge in [0.05, 0.1) is 8.07 Å². The SMILES string of the molecule is Cc1c(C)c([Si](C)(C)CP(=O)(c2ccccc2)c2ccccc2)[c-](C)c1C.[CH2-][Si](C)(C)C.[CH2-][Si](C)(C)C.[Sc+3]. The van der Waals surface area contributed by atoms with Gasteiger partial charge in [0, 0.05) is 16.4 Å². The molecule has 0 aliphatic rings. The molecule has 0 aliphatic carbocycles. The first-order valence-corrected chi connectivity index (χ1v) is 25.8. The summed E-state index contributed by atoms with van der Waals surface area (Å²) in [6.07, 6.45) is 0. The van der Waals surface area contributed by atoms with Gasteiger partial charge in [-0.3, -0.25) is 0 Å². The number of rotatable bonds is 5. The van der Waals surface area contributed by atoms with Crippen LogP contribution in [0.4, 0.5) is 0 Å². The first kappa shape index (κ1) is 37.5. The number of hydrogen-bond acceptors (Lipinski definition) is 1. The molecule has 0 unspecified atom stereocenters. The fraction of sp³-hybridized carbons (Fsp3) is 0.406. The summed E-state index contributed by atoms with van der Waals surface area (Å²) >= 11 is 0. The van der Waals surface area contributed by atoms with Crippen molar-refractivity contribution in [3.63, 3.8) is 0 Å². The predicted molar refractivity (Wildman–Crippen MR) is 180 cm³/mol. The molecule has 3 aromatic rings. The summed E-state index contributed by atoms with van der Waals surface area (Å²) < 4.78 is 14.6. The van der Waals surface area contributed by atoms with Crippen molar-refractivity contribution in [1.29, 1.82) is 0 Å². The normalized spacial score (nSPS) is 11.9. The van der Waals surface area contributed by atoms with E-state index in [1.165, 1.54) is 27.4 Å². The van der Waals surface area contributed by atoms with Crippen LogP contribution in [0.1, 0.15) is 22.3 Å². The molecule has 0 atom stereocenters. The van der Waals surface area contributed by atoms with Gasteiger partial charge >= 0.3 is 25.8 Å². The summed E-state index contributed by atoms with van der Waals surface area (Å²) in [6.45, 7) is 34.8. The van der Waals surface area contributed by atoms with Crippen molar-refractivity contribution in [2.45, 2.75) is 80.1 Å². The van der Waals surface area contributed by atoms with Crippen LogP contribution in [0.15, 0.2) is 60.7 Å². The van der Waals surface area contributed by atoms with Crippen LogP contribution in [0.5, 0.6) is 0 Å². The summed E-state index contributed by atoms with van der Waals surface area (Å²) in [5.74, 6) is 0.762. The van der Waals surface area contributed by atoms with E-state index >= 15 is 0 Å². The van der Waals surface area contributed by atoms with E-state index in [9.17, 15) is 4.57 Å². The van der Waals surface area contributed by atoms with Crippen molar-refractivity contribution < 1.29 is 30.4 Å². The van der Waals surface area contributed by atoms with E-state index in [2.05, 4.69) is 93.2 Å². The molecule has 0 fully saturated rings. The first-order valence-electron chi connectivity index (χ1n) is 13.3. The largest absolute Gasteiger partial charge is 3.00 e. The van der Waals surface area contributed by atoms with Gasteiger partial charge in [-0.1, -0.05) is 141 Å². The van der Waals surface area contributed by atoms with E-state index in [-0.39, 0.29) is 25.8 Å². The summed E-state index contributed by atoms with van der Waals surface area (Å²) in [5.41, 5.74) is 5.62. The van der Waals surface area contributed by atoms with E-state index in [4.69, 9.17) is 0 Å². The van der Waals surface area contributed by atoms with Gasteiger partial charge in [-0.25, -0.2) is 0 Å². The zero-order chi connectivity index (χ0) is 28.8. The molecule has 0 amide bonds. The van der Waals surface area contributed by atoms with Crippen LogP contribution >= 0.6 is 7.14 Å². The Hall–Kier alpha value is -0.459. The van der Waals surface area contributed by atoms with Crippen LogP contribution in [0.2, 0.25) is 52.4 Å². The van der Waals surface area contributed by atoms with Gasteiger partial charge in [-0.05, 0) is 0 Å². The molecule has 38 heavy (non-hydrogen) atoms. The zero-order valence-electron chi connectivity index (χ0n) is 26.3. The minimum Gasteiger partial charge on any atom is -0.342 e. The van der Waals surface area contributed by atoms with Crippen molar-refractivity contribution in [3.05, 3.63) is 96.0 Å². The van der Waals surface area contributed by atoms with Gasteiger partial charge in [0.25, 0.3) is 0 Å². The molecule has 0 spiro atoms. The topological polar surface area (TPSA) is 17.1 Å². The molecule has 206 valence electrons. The van der Waals surface area contributed by atoms with Gasteiger partial charge < -0.3 is 17.7 Å². The molecule has 0 aromatic heterocycles. The molecular formula is C32H52OPScSi3. The van der Waals surface area contributed by atoms with Gasteiger partial charge in [-0.2, -0.15) is 27.4 Å². The summed E-state index contributed by atoms with van der Waals surface area (Å²) in [4.78, 5) is 0. The second kappa shape index (κ2) is 15.0. The number of hydrogen-bond donors (Lipinski definition) is 0. The fourth-order valence-electron chi connectivity index (χ4n) is 4.54. The Labute approximate surface area is 257 Å². The quantitative estimate of drug-likeness (QED) is 0.160. The minimum atomic E-state index is -2.69. The Morgan fingerprint density at radius 1 is 0.684 bits per heavy atom. The molecular weight excluding hydrogens is 561 g/mol. The maximum atomic E-state index is 14.6. The van der Waals surface area contributed by atoms with Crippen molar-refractivity contribution in [2.24, 2.45) is 0 Å². The van der Waals surface area contributed by atoms with E-state index in [1.54, 1.807) is 0 Å². The Morgan fingerprint density at radius 3 is 1.26 bits per heavy atom. The second-order valence-corrected chi connectivity index (χ2v) is 31.7. The molecule has 0 saturated heterocycles. The molecule has 0 aliphatic heterocycles. The van der Waals surface area contributed by atoms with Crippen molar-refractivity contribution >= 4 is 47.2 Å². The Balaban J connectivity index is 0.00000107. The van der Waals surface area contributed by atoms with Gasteiger partial charge in [0.1, 0.15) is 7.14 Å². The molecule has 0 N–H and O–H groups in total. The van der Waals surface area contributed by atoms with Crippen molar-refractivity contribution in [1.82, 2.24) is 0 Å². The van der Waals surface area contributed by atoms with Crippen LogP contribution in [0.3, 0.4) is 0 Å². The molecule has 3 rings (SSSR count). The monoisotopic (exact) mass is 612 g/mol. The predicted octanol–water partition coefficient (Wildman–Crippen LogP) is 8.50.